The van der Waals surface area contributed by atoms with Crippen molar-refractivity contribution in [2.24, 2.45) is 0 Å². The Kier molecular flexibility index (Phi) is 3.07. The summed E-state index contributed by atoms with van der Waals surface area (Å²) in [6, 6.07) is 8.66. The molecule has 2 aliphatic heterocycles. The van der Waals surface area contributed by atoms with Gasteiger partial charge in [0.15, 0.2) is 0 Å². The molecular formula is C16H18N4O. The van der Waals surface area contributed by atoms with E-state index in [1.807, 2.05) is 29.2 Å². The smallest absolute Gasteiger partial charge is 0.274 e. The van der Waals surface area contributed by atoms with Crippen LogP contribution in [-0.2, 0) is 0 Å². The summed E-state index contributed by atoms with van der Waals surface area (Å²) < 4.78 is 0. The lowest BCUT2D eigenvalue weighted by molar-refractivity contribution is 0.0742. The lowest BCUT2D eigenvalue weighted by atomic mass is 10.1. The van der Waals surface area contributed by atoms with Crippen LogP contribution in [0.15, 0.2) is 30.5 Å². The number of likely N-dealkylation sites (tertiary alicyclic amines) is 1. The number of amides is 1. The lowest BCUT2D eigenvalue weighted by Crippen LogP contribution is -2.39. The zero-order chi connectivity index (χ0) is 14.2. The Labute approximate surface area is 123 Å². The van der Waals surface area contributed by atoms with Crippen molar-refractivity contribution >= 4 is 16.9 Å². The second kappa shape index (κ2) is 5.07. The van der Waals surface area contributed by atoms with Crippen molar-refractivity contribution in [3.8, 4) is 0 Å². The van der Waals surface area contributed by atoms with Crippen LogP contribution >= 0.6 is 0 Å². The van der Waals surface area contributed by atoms with E-state index in [1.54, 1.807) is 6.20 Å². The molecule has 2 aromatic rings. The summed E-state index contributed by atoms with van der Waals surface area (Å²) in [6.45, 7) is 1.59. The van der Waals surface area contributed by atoms with Crippen LogP contribution in [0.25, 0.3) is 11.0 Å². The van der Waals surface area contributed by atoms with E-state index in [-0.39, 0.29) is 5.91 Å². The minimum absolute atomic E-state index is 0.00241. The van der Waals surface area contributed by atoms with Crippen molar-refractivity contribution in [2.75, 3.05) is 13.1 Å². The van der Waals surface area contributed by atoms with Crippen LogP contribution in [0.5, 0.6) is 0 Å². The Morgan fingerprint density at radius 2 is 1.95 bits per heavy atom. The zero-order valence-electron chi connectivity index (χ0n) is 11.8. The fourth-order valence-electron chi connectivity index (χ4n) is 3.35. The molecular weight excluding hydrogens is 264 g/mol. The van der Waals surface area contributed by atoms with E-state index in [4.69, 9.17) is 0 Å². The third kappa shape index (κ3) is 2.38. The van der Waals surface area contributed by atoms with E-state index >= 15 is 0 Å². The highest BCUT2D eigenvalue weighted by atomic mass is 16.2. The van der Waals surface area contributed by atoms with Crippen LogP contribution in [-0.4, -0.2) is 45.9 Å². The number of benzene rings is 1. The molecule has 21 heavy (non-hydrogen) atoms. The molecule has 1 N–H and O–H groups in total. The fraction of sp³-hybridized carbons (Fsp3) is 0.438. The molecule has 1 aromatic heterocycles. The van der Waals surface area contributed by atoms with E-state index in [0.29, 0.717) is 17.8 Å². The van der Waals surface area contributed by atoms with Crippen LogP contribution < -0.4 is 5.32 Å². The van der Waals surface area contributed by atoms with Gasteiger partial charge in [0.25, 0.3) is 5.91 Å². The number of carbonyl (C=O) groups excluding carboxylic acids is 1. The highest BCUT2D eigenvalue weighted by molar-refractivity contribution is 5.93. The third-order valence-electron chi connectivity index (χ3n) is 4.48. The number of hydrogen-bond donors (Lipinski definition) is 1. The van der Waals surface area contributed by atoms with Gasteiger partial charge in [0.2, 0.25) is 0 Å². The van der Waals surface area contributed by atoms with Crippen molar-refractivity contribution < 1.29 is 4.79 Å². The highest BCUT2D eigenvalue weighted by Gasteiger charge is 2.31. The number of carbonyl (C=O) groups is 1. The van der Waals surface area contributed by atoms with Gasteiger partial charge in [-0.25, -0.2) is 4.98 Å². The summed E-state index contributed by atoms with van der Waals surface area (Å²) >= 11 is 0. The van der Waals surface area contributed by atoms with Gasteiger partial charge in [-0.1, -0.05) is 12.1 Å². The van der Waals surface area contributed by atoms with Crippen LogP contribution in [0.3, 0.4) is 0 Å². The van der Waals surface area contributed by atoms with E-state index in [1.165, 1.54) is 6.42 Å². The Morgan fingerprint density at radius 3 is 2.86 bits per heavy atom. The van der Waals surface area contributed by atoms with Gasteiger partial charge in [-0.15, -0.1) is 0 Å². The molecule has 3 heterocycles. The van der Waals surface area contributed by atoms with Gasteiger partial charge in [-0.3, -0.25) is 9.78 Å². The Balaban J connectivity index is 1.60. The number of rotatable bonds is 1. The summed E-state index contributed by atoms with van der Waals surface area (Å²) in [6.07, 6.45) is 5.03. The molecule has 0 spiro atoms. The predicted molar refractivity (Wildman–Crippen MR) is 80.0 cm³/mol. The highest BCUT2D eigenvalue weighted by Crippen LogP contribution is 2.21. The number of nitrogens with zero attached hydrogens (tertiary/aromatic N) is 3. The summed E-state index contributed by atoms with van der Waals surface area (Å²) in [5.74, 6) is 0.00241. The van der Waals surface area contributed by atoms with Crippen molar-refractivity contribution in [1.29, 1.82) is 0 Å². The van der Waals surface area contributed by atoms with Crippen LogP contribution in [0, 0.1) is 0 Å². The molecule has 2 aliphatic rings. The minimum Gasteiger partial charge on any atom is -0.336 e. The average molecular weight is 282 g/mol. The molecule has 0 aliphatic carbocycles. The first-order chi connectivity index (χ1) is 10.3. The Morgan fingerprint density at radius 1 is 1.14 bits per heavy atom. The summed E-state index contributed by atoms with van der Waals surface area (Å²) in [5.41, 5.74) is 2.05. The molecule has 4 rings (SSSR count). The number of nitrogens with one attached hydrogen (secondary N) is 1. The van der Waals surface area contributed by atoms with Gasteiger partial charge < -0.3 is 10.2 Å². The average Bonchev–Trinajstić information content (AvgIpc) is 2.85. The molecule has 5 nitrogen and oxygen atoms in total. The predicted octanol–water partition coefficient (Wildman–Crippen LogP) is 1.60. The van der Waals surface area contributed by atoms with E-state index in [0.717, 1.165) is 37.0 Å². The SMILES string of the molecule is O=C(c1cnc2ccccc2n1)N1CC[C@H]2CC[C@@H](C1)N2. The maximum Gasteiger partial charge on any atom is 0.274 e. The van der Waals surface area contributed by atoms with Gasteiger partial charge in [-0.2, -0.15) is 0 Å². The van der Waals surface area contributed by atoms with Gasteiger partial charge in [0.05, 0.1) is 17.2 Å². The minimum atomic E-state index is 0.00241. The molecule has 1 amide bonds. The molecule has 0 saturated carbocycles. The van der Waals surface area contributed by atoms with Crippen molar-refractivity contribution in [3.05, 3.63) is 36.2 Å². The van der Waals surface area contributed by atoms with Crippen molar-refractivity contribution in [2.45, 2.75) is 31.3 Å². The van der Waals surface area contributed by atoms with Crippen molar-refractivity contribution in [3.63, 3.8) is 0 Å². The quantitative estimate of drug-likeness (QED) is 0.863. The molecule has 0 radical (unpaired) electrons. The number of fused-ring (bicyclic) bond motifs is 3. The monoisotopic (exact) mass is 282 g/mol. The largest absolute Gasteiger partial charge is 0.336 e. The normalized spacial score (nSPS) is 25.0. The molecule has 2 saturated heterocycles. The molecule has 0 unspecified atom stereocenters. The first-order valence-corrected chi connectivity index (χ1v) is 7.57. The first kappa shape index (κ1) is 12.7. The summed E-state index contributed by atoms with van der Waals surface area (Å²) in [4.78, 5) is 23.4. The van der Waals surface area contributed by atoms with E-state index in [9.17, 15) is 4.79 Å². The van der Waals surface area contributed by atoms with Crippen LogP contribution in [0.1, 0.15) is 29.8 Å². The molecule has 2 bridgehead atoms. The van der Waals surface area contributed by atoms with Crippen LogP contribution in [0.4, 0.5) is 0 Å². The molecule has 1 aromatic carbocycles. The second-order valence-electron chi connectivity index (χ2n) is 5.92. The maximum absolute atomic E-state index is 12.7. The number of hydrogen-bond acceptors (Lipinski definition) is 4. The number of aromatic nitrogens is 2. The maximum atomic E-state index is 12.7. The van der Waals surface area contributed by atoms with Crippen LogP contribution in [0.2, 0.25) is 0 Å². The topological polar surface area (TPSA) is 58.1 Å². The molecule has 2 atom stereocenters. The number of para-hydroxylation sites is 2. The Hall–Kier alpha value is -2.01. The Bertz CT molecular complexity index is 687. The zero-order valence-corrected chi connectivity index (χ0v) is 11.8. The fourth-order valence-corrected chi connectivity index (χ4v) is 3.35. The van der Waals surface area contributed by atoms with Crippen molar-refractivity contribution in [1.82, 2.24) is 20.2 Å². The standard InChI is InChI=1S/C16H18N4O/c21-16(20-8-7-11-5-6-12(10-20)18-11)15-9-17-13-3-1-2-4-14(13)19-15/h1-4,9,11-12,18H,5-8,10H2/t11-,12+/m1/s1. The lowest BCUT2D eigenvalue weighted by Gasteiger charge is -2.23. The molecule has 108 valence electrons. The first-order valence-electron chi connectivity index (χ1n) is 7.57. The van der Waals surface area contributed by atoms with Gasteiger partial charge in [0, 0.05) is 25.2 Å². The molecule has 5 heteroatoms. The van der Waals surface area contributed by atoms with E-state index in [2.05, 4.69) is 15.3 Å². The van der Waals surface area contributed by atoms with E-state index < -0.39 is 0 Å². The van der Waals surface area contributed by atoms with Gasteiger partial charge >= 0.3 is 0 Å². The van der Waals surface area contributed by atoms with Gasteiger partial charge in [0.1, 0.15) is 5.69 Å². The summed E-state index contributed by atoms with van der Waals surface area (Å²) in [5, 5.41) is 3.59. The van der Waals surface area contributed by atoms with Gasteiger partial charge in [-0.05, 0) is 31.4 Å². The second-order valence-corrected chi connectivity index (χ2v) is 5.92. The summed E-state index contributed by atoms with van der Waals surface area (Å²) in [7, 11) is 0. The molecule has 2 fully saturated rings. The third-order valence-corrected chi connectivity index (χ3v) is 4.48.